The van der Waals surface area contributed by atoms with E-state index < -0.39 is 24.0 Å². The summed E-state index contributed by atoms with van der Waals surface area (Å²) >= 11 is 1.41. The first kappa shape index (κ1) is 19.5. The van der Waals surface area contributed by atoms with Gasteiger partial charge in [-0.15, -0.1) is 11.3 Å². The molecule has 2 aromatic heterocycles. The normalized spacial score (nSPS) is 12.9. The maximum Gasteiger partial charge on any atom is 0.312 e. The summed E-state index contributed by atoms with van der Waals surface area (Å²) in [6, 6.07) is 5.77. The van der Waals surface area contributed by atoms with Gasteiger partial charge in [0.1, 0.15) is 10.5 Å². The van der Waals surface area contributed by atoms with Gasteiger partial charge in [0, 0.05) is 23.3 Å². The van der Waals surface area contributed by atoms with Crippen molar-refractivity contribution in [2.75, 3.05) is 6.61 Å². The Morgan fingerprint density at radius 2 is 2.23 bits per heavy atom. The molecule has 0 saturated carbocycles. The first-order chi connectivity index (χ1) is 12.3. The van der Waals surface area contributed by atoms with Crippen molar-refractivity contribution in [3.8, 4) is 16.6 Å². The van der Waals surface area contributed by atoms with Gasteiger partial charge >= 0.3 is 5.97 Å². The molecule has 0 aliphatic heterocycles. The van der Waals surface area contributed by atoms with E-state index in [1.165, 1.54) is 11.3 Å². The molecule has 2 heterocycles. The zero-order valence-electron chi connectivity index (χ0n) is 14.9. The Balaban J connectivity index is 1.85. The number of amides is 1. The van der Waals surface area contributed by atoms with Gasteiger partial charge in [-0.2, -0.15) is 5.26 Å². The van der Waals surface area contributed by atoms with Crippen LogP contribution in [0.2, 0.25) is 0 Å². The molecule has 0 unspecified atom stereocenters. The number of pyridine rings is 1. The quantitative estimate of drug-likeness (QED) is 0.748. The maximum atomic E-state index is 11.9. The van der Waals surface area contributed by atoms with E-state index in [1.807, 2.05) is 26.0 Å². The molecule has 8 heteroatoms. The molecule has 0 aromatic carbocycles. The molecule has 0 fully saturated rings. The molecule has 26 heavy (non-hydrogen) atoms. The van der Waals surface area contributed by atoms with Crippen molar-refractivity contribution in [1.29, 1.82) is 5.26 Å². The number of carbonyl (C=O) groups excluding carboxylic acids is 2. The molecule has 1 atom stereocenters. The van der Waals surface area contributed by atoms with Gasteiger partial charge in [0.05, 0.1) is 18.2 Å². The average molecular weight is 372 g/mol. The number of nitriles is 1. The maximum absolute atomic E-state index is 11.9. The minimum atomic E-state index is -1.00. The lowest BCUT2D eigenvalue weighted by atomic mass is 9.90. The van der Waals surface area contributed by atoms with E-state index in [2.05, 4.69) is 21.4 Å². The fraction of sp³-hybridized carbons (Fsp3) is 0.389. The summed E-state index contributed by atoms with van der Waals surface area (Å²) in [6.07, 6.45) is 3.35. The lowest BCUT2D eigenvalue weighted by Gasteiger charge is -2.27. The van der Waals surface area contributed by atoms with Crippen LogP contribution in [0.5, 0.6) is 0 Å². The van der Waals surface area contributed by atoms with Crippen LogP contribution < -0.4 is 5.32 Å². The van der Waals surface area contributed by atoms with Gasteiger partial charge < -0.3 is 10.1 Å². The molecular formula is C18H20N4O3S. The number of ether oxygens (including phenoxy) is 1. The number of aromatic nitrogens is 2. The van der Waals surface area contributed by atoms with Crippen molar-refractivity contribution in [2.24, 2.45) is 5.92 Å². The summed E-state index contributed by atoms with van der Waals surface area (Å²) in [5, 5.41) is 14.3. The van der Waals surface area contributed by atoms with E-state index in [0.29, 0.717) is 5.69 Å². The van der Waals surface area contributed by atoms with Gasteiger partial charge in [0.25, 0.3) is 5.91 Å². The Hall–Kier alpha value is -2.79. The highest BCUT2D eigenvalue weighted by Gasteiger charge is 2.30. The summed E-state index contributed by atoms with van der Waals surface area (Å²) in [7, 11) is 0. The highest BCUT2D eigenvalue weighted by atomic mass is 32.1. The summed E-state index contributed by atoms with van der Waals surface area (Å²) in [5.41, 5.74) is 0.445. The van der Waals surface area contributed by atoms with Crippen LogP contribution in [0.25, 0.3) is 10.6 Å². The zero-order chi connectivity index (χ0) is 19.2. The third-order valence-corrected chi connectivity index (χ3v) is 4.88. The molecule has 2 aromatic rings. The molecule has 136 valence electrons. The Labute approximate surface area is 156 Å². The molecule has 0 bridgehead atoms. The second kappa shape index (κ2) is 8.54. The second-order valence-corrected chi connectivity index (χ2v) is 7.10. The molecule has 7 nitrogen and oxygen atoms in total. The van der Waals surface area contributed by atoms with Crippen molar-refractivity contribution in [3.63, 3.8) is 0 Å². The summed E-state index contributed by atoms with van der Waals surface area (Å²) < 4.78 is 4.98. The third kappa shape index (κ3) is 5.10. The molecule has 0 radical (unpaired) electrons. The molecule has 0 aliphatic rings. The topological polar surface area (TPSA) is 105 Å². The van der Waals surface area contributed by atoms with Gasteiger partial charge in [-0.25, -0.2) is 4.98 Å². The Morgan fingerprint density at radius 1 is 1.46 bits per heavy atom. The van der Waals surface area contributed by atoms with Crippen LogP contribution in [0.3, 0.4) is 0 Å². The second-order valence-electron chi connectivity index (χ2n) is 6.24. The van der Waals surface area contributed by atoms with E-state index >= 15 is 0 Å². The van der Waals surface area contributed by atoms with E-state index in [1.54, 1.807) is 24.7 Å². The average Bonchev–Trinajstić information content (AvgIpc) is 3.09. The van der Waals surface area contributed by atoms with Gasteiger partial charge in [-0.3, -0.25) is 14.6 Å². The summed E-state index contributed by atoms with van der Waals surface area (Å²) in [5.74, 6) is -1.13. The number of rotatable bonds is 7. The highest BCUT2D eigenvalue weighted by Crippen LogP contribution is 2.22. The van der Waals surface area contributed by atoms with Crippen molar-refractivity contribution in [3.05, 3.63) is 35.6 Å². The Bertz CT molecular complexity index is 813. The van der Waals surface area contributed by atoms with Crippen LogP contribution in [0.4, 0.5) is 0 Å². The Kier molecular flexibility index (Phi) is 6.41. The number of nitrogens with one attached hydrogen (secondary N) is 1. The Morgan fingerprint density at radius 3 is 2.85 bits per heavy atom. The highest BCUT2D eigenvalue weighted by molar-refractivity contribution is 7.13. The van der Waals surface area contributed by atoms with Crippen LogP contribution in [0, 0.1) is 17.2 Å². The monoisotopic (exact) mass is 372 g/mol. The SMILES string of the molecule is CC(C)[C@@](C)(C#N)NC(=O)COC(=O)Cc1csc(-c2cccnc2)n1. The number of thiazole rings is 1. The molecule has 1 amide bonds. The van der Waals surface area contributed by atoms with Crippen LogP contribution in [-0.4, -0.2) is 34.0 Å². The van der Waals surface area contributed by atoms with Crippen LogP contribution in [0.1, 0.15) is 26.5 Å². The van der Waals surface area contributed by atoms with E-state index in [-0.39, 0.29) is 12.3 Å². The molecule has 0 spiro atoms. The number of esters is 1. The molecule has 0 aliphatic carbocycles. The minimum Gasteiger partial charge on any atom is -0.455 e. The van der Waals surface area contributed by atoms with Crippen molar-refractivity contribution in [2.45, 2.75) is 32.7 Å². The summed E-state index contributed by atoms with van der Waals surface area (Å²) in [6.45, 7) is 4.87. The van der Waals surface area contributed by atoms with Gasteiger partial charge in [0.2, 0.25) is 0 Å². The van der Waals surface area contributed by atoms with Crippen molar-refractivity contribution >= 4 is 23.2 Å². The molecule has 0 saturated heterocycles. The fourth-order valence-corrected chi connectivity index (χ4v) is 2.79. The third-order valence-electron chi connectivity index (χ3n) is 3.94. The van der Waals surface area contributed by atoms with Gasteiger partial charge in [-0.05, 0) is 25.0 Å². The lowest BCUT2D eigenvalue weighted by Crippen LogP contribution is -2.50. The fourth-order valence-electron chi connectivity index (χ4n) is 1.98. The minimum absolute atomic E-state index is 0.0241. The standard InChI is InChI=1S/C18H20N4O3S/c1-12(2)18(3,11-19)22-15(23)9-25-16(24)7-14-10-26-17(21-14)13-5-4-6-20-8-13/h4-6,8,10,12H,7,9H2,1-3H3,(H,22,23)/t18-/m1/s1. The van der Waals surface area contributed by atoms with Gasteiger partial charge in [0.15, 0.2) is 6.61 Å². The number of hydrogen-bond acceptors (Lipinski definition) is 7. The van der Waals surface area contributed by atoms with Crippen LogP contribution in [0.15, 0.2) is 29.9 Å². The molecule has 2 rings (SSSR count). The zero-order valence-corrected chi connectivity index (χ0v) is 15.7. The van der Waals surface area contributed by atoms with Crippen LogP contribution >= 0.6 is 11.3 Å². The van der Waals surface area contributed by atoms with E-state index in [4.69, 9.17) is 4.74 Å². The largest absolute Gasteiger partial charge is 0.455 e. The smallest absolute Gasteiger partial charge is 0.312 e. The number of nitrogens with zero attached hydrogens (tertiary/aromatic N) is 3. The predicted octanol–water partition coefficient (Wildman–Crippen LogP) is 2.35. The summed E-state index contributed by atoms with van der Waals surface area (Å²) in [4.78, 5) is 32.2. The first-order valence-corrected chi connectivity index (χ1v) is 8.94. The number of carbonyl (C=O) groups is 2. The van der Waals surface area contributed by atoms with E-state index in [0.717, 1.165) is 10.6 Å². The molecule has 1 N–H and O–H groups in total. The molecular weight excluding hydrogens is 352 g/mol. The lowest BCUT2D eigenvalue weighted by molar-refractivity contribution is -0.148. The van der Waals surface area contributed by atoms with Crippen molar-refractivity contribution < 1.29 is 14.3 Å². The number of hydrogen-bond donors (Lipinski definition) is 1. The van der Waals surface area contributed by atoms with Gasteiger partial charge in [-0.1, -0.05) is 13.8 Å². The van der Waals surface area contributed by atoms with Crippen molar-refractivity contribution in [1.82, 2.24) is 15.3 Å². The van der Waals surface area contributed by atoms with Crippen LogP contribution in [-0.2, 0) is 20.7 Å². The first-order valence-electron chi connectivity index (χ1n) is 8.06. The van der Waals surface area contributed by atoms with E-state index in [9.17, 15) is 14.9 Å². The predicted molar refractivity (Wildman–Crippen MR) is 97.0 cm³/mol.